The van der Waals surface area contributed by atoms with Crippen molar-refractivity contribution in [2.75, 3.05) is 46.3 Å². The highest BCUT2D eigenvalue weighted by atomic mass is 127. The number of guanidine groups is 1. The van der Waals surface area contributed by atoms with Crippen LogP contribution in [0.2, 0.25) is 0 Å². The van der Waals surface area contributed by atoms with Crippen molar-refractivity contribution >= 4 is 35.8 Å². The Hall–Kier alpha value is -1.35. The number of nitrogens with one attached hydrogen (secondary N) is 2. The van der Waals surface area contributed by atoms with Crippen LogP contribution in [0, 0.1) is 5.92 Å². The molecule has 1 unspecified atom stereocenters. The van der Waals surface area contributed by atoms with Crippen LogP contribution in [0.5, 0.6) is 0 Å². The van der Waals surface area contributed by atoms with E-state index in [0.717, 1.165) is 57.6 Å². The van der Waals surface area contributed by atoms with Crippen molar-refractivity contribution in [3.8, 4) is 0 Å². The van der Waals surface area contributed by atoms with E-state index in [0.29, 0.717) is 18.9 Å². The van der Waals surface area contributed by atoms with Gasteiger partial charge >= 0.3 is 0 Å². The van der Waals surface area contributed by atoms with Crippen molar-refractivity contribution in [2.45, 2.75) is 64.3 Å². The second kappa shape index (κ2) is 15.5. The average molecular weight is 570 g/mol. The Kier molecular flexibility index (Phi) is 13.1. The van der Waals surface area contributed by atoms with Gasteiger partial charge < -0.3 is 20.4 Å². The molecule has 1 aliphatic heterocycles. The second-order valence-corrected chi connectivity index (χ2v) is 9.42. The van der Waals surface area contributed by atoms with Crippen LogP contribution in [0.1, 0.15) is 57.4 Å². The van der Waals surface area contributed by atoms with E-state index in [9.17, 15) is 4.79 Å². The zero-order chi connectivity index (χ0) is 22.6. The largest absolute Gasteiger partial charge is 0.357 e. The maximum absolute atomic E-state index is 12.4. The van der Waals surface area contributed by atoms with E-state index in [2.05, 4.69) is 53.8 Å². The number of carbonyl (C=O) groups is 1. The summed E-state index contributed by atoms with van der Waals surface area (Å²) < 4.78 is 0. The van der Waals surface area contributed by atoms with Crippen molar-refractivity contribution in [3.05, 3.63) is 35.9 Å². The van der Waals surface area contributed by atoms with Crippen LogP contribution in [0.25, 0.3) is 0 Å². The summed E-state index contributed by atoms with van der Waals surface area (Å²) >= 11 is 0. The summed E-state index contributed by atoms with van der Waals surface area (Å²) in [7, 11) is 2.27. The number of nitrogens with zero attached hydrogens (tertiary/aromatic N) is 3. The zero-order valence-electron chi connectivity index (χ0n) is 20.6. The molecule has 2 aliphatic rings. The van der Waals surface area contributed by atoms with Crippen LogP contribution < -0.4 is 10.6 Å². The van der Waals surface area contributed by atoms with Crippen molar-refractivity contribution in [2.24, 2.45) is 10.9 Å². The molecule has 33 heavy (non-hydrogen) atoms. The van der Waals surface area contributed by atoms with Gasteiger partial charge in [0.2, 0.25) is 5.91 Å². The Morgan fingerprint density at radius 2 is 1.91 bits per heavy atom. The molecule has 1 amide bonds. The molecular formula is C26H44IN5O. The fourth-order valence-electron chi connectivity index (χ4n) is 4.90. The standard InChI is InChI=1S/C26H43N5O.HI/c1-3-27-26(28-16-10-17-30(2)24-13-8-5-9-14-24)29-20-23-19-25(32)31(21-23)18-15-22-11-6-4-7-12-22;/h4,6-7,11-12,23-24H,3,5,8-10,13-21H2,1-2H3,(H2,27,28,29);1H. The summed E-state index contributed by atoms with van der Waals surface area (Å²) in [6, 6.07) is 11.2. The molecule has 1 aliphatic carbocycles. The van der Waals surface area contributed by atoms with E-state index >= 15 is 0 Å². The Bertz CT molecular complexity index is 708. The van der Waals surface area contributed by atoms with Gasteiger partial charge in [0.15, 0.2) is 5.96 Å². The summed E-state index contributed by atoms with van der Waals surface area (Å²) in [5.41, 5.74) is 1.29. The molecule has 6 nitrogen and oxygen atoms in total. The molecule has 0 aromatic heterocycles. The molecule has 186 valence electrons. The Morgan fingerprint density at radius 3 is 2.64 bits per heavy atom. The molecule has 0 radical (unpaired) electrons. The predicted molar refractivity (Wildman–Crippen MR) is 148 cm³/mol. The normalized spacial score (nSPS) is 19.6. The van der Waals surface area contributed by atoms with Gasteiger partial charge in [0, 0.05) is 51.1 Å². The molecule has 1 heterocycles. The number of hydrogen-bond donors (Lipinski definition) is 2. The first-order valence-corrected chi connectivity index (χ1v) is 12.7. The smallest absolute Gasteiger partial charge is 0.223 e. The highest BCUT2D eigenvalue weighted by Gasteiger charge is 2.29. The van der Waals surface area contributed by atoms with Crippen LogP contribution in [0.15, 0.2) is 35.3 Å². The first kappa shape index (κ1) is 27.9. The molecule has 2 fully saturated rings. The summed E-state index contributed by atoms with van der Waals surface area (Å²) in [6.07, 6.45) is 9.55. The predicted octanol–water partition coefficient (Wildman–Crippen LogP) is 3.91. The third-order valence-electron chi connectivity index (χ3n) is 6.84. The number of hydrogen-bond acceptors (Lipinski definition) is 3. The fraction of sp³-hybridized carbons (Fsp3) is 0.692. The van der Waals surface area contributed by atoms with E-state index in [1.807, 2.05) is 11.0 Å². The molecule has 2 N–H and O–H groups in total. The molecule has 1 aromatic rings. The third-order valence-corrected chi connectivity index (χ3v) is 6.84. The van der Waals surface area contributed by atoms with Gasteiger partial charge in [-0.15, -0.1) is 24.0 Å². The first-order chi connectivity index (χ1) is 15.7. The summed E-state index contributed by atoms with van der Waals surface area (Å²) in [5, 5.41) is 6.84. The molecule has 7 heteroatoms. The van der Waals surface area contributed by atoms with Crippen LogP contribution in [0.4, 0.5) is 0 Å². The molecule has 1 aromatic carbocycles. The molecular weight excluding hydrogens is 525 g/mol. The van der Waals surface area contributed by atoms with Gasteiger partial charge in [-0.05, 0) is 51.8 Å². The van der Waals surface area contributed by atoms with E-state index in [4.69, 9.17) is 4.99 Å². The van der Waals surface area contributed by atoms with Gasteiger partial charge in [0.05, 0.1) is 0 Å². The van der Waals surface area contributed by atoms with Crippen molar-refractivity contribution in [1.82, 2.24) is 20.4 Å². The minimum absolute atomic E-state index is 0. The van der Waals surface area contributed by atoms with Crippen molar-refractivity contribution < 1.29 is 4.79 Å². The monoisotopic (exact) mass is 569 g/mol. The van der Waals surface area contributed by atoms with Crippen LogP contribution in [-0.2, 0) is 11.2 Å². The Balaban J connectivity index is 0.00000385. The van der Waals surface area contributed by atoms with Gasteiger partial charge in [0.25, 0.3) is 0 Å². The average Bonchev–Trinajstić information content (AvgIpc) is 3.19. The zero-order valence-corrected chi connectivity index (χ0v) is 22.9. The van der Waals surface area contributed by atoms with Crippen LogP contribution in [0.3, 0.4) is 0 Å². The minimum atomic E-state index is 0. The quantitative estimate of drug-likeness (QED) is 0.184. The van der Waals surface area contributed by atoms with Crippen molar-refractivity contribution in [1.29, 1.82) is 0 Å². The summed E-state index contributed by atoms with van der Waals surface area (Å²) in [4.78, 5) is 21.8. The van der Waals surface area contributed by atoms with E-state index < -0.39 is 0 Å². The second-order valence-electron chi connectivity index (χ2n) is 9.42. The number of rotatable bonds is 11. The number of halogens is 1. The lowest BCUT2D eigenvalue weighted by molar-refractivity contribution is -0.127. The number of amides is 1. The van der Waals surface area contributed by atoms with Gasteiger partial charge in [-0.3, -0.25) is 9.79 Å². The molecule has 1 saturated carbocycles. The maximum Gasteiger partial charge on any atom is 0.223 e. The van der Waals surface area contributed by atoms with Gasteiger partial charge in [0.1, 0.15) is 0 Å². The van der Waals surface area contributed by atoms with Gasteiger partial charge in [-0.25, -0.2) is 0 Å². The van der Waals surface area contributed by atoms with Crippen LogP contribution in [-0.4, -0.2) is 74.0 Å². The molecule has 3 rings (SSSR count). The topological polar surface area (TPSA) is 60.0 Å². The minimum Gasteiger partial charge on any atom is -0.357 e. The summed E-state index contributed by atoms with van der Waals surface area (Å²) in [6.45, 7) is 7.32. The highest BCUT2D eigenvalue weighted by molar-refractivity contribution is 14.0. The Labute approximate surface area is 218 Å². The maximum atomic E-state index is 12.4. The molecule has 1 saturated heterocycles. The highest BCUT2D eigenvalue weighted by Crippen LogP contribution is 2.21. The van der Waals surface area contributed by atoms with E-state index in [-0.39, 0.29) is 29.9 Å². The van der Waals surface area contributed by atoms with Gasteiger partial charge in [-0.1, -0.05) is 49.6 Å². The number of likely N-dealkylation sites (tertiary alicyclic amines) is 1. The van der Waals surface area contributed by atoms with Crippen molar-refractivity contribution in [3.63, 3.8) is 0 Å². The number of benzene rings is 1. The Morgan fingerprint density at radius 1 is 1.15 bits per heavy atom. The lowest BCUT2D eigenvalue weighted by Gasteiger charge is -2.31. The fourth-order valence-corrected chi connectivity index (χ4v) is 4.90. The molecule has 0 spiro atoms. The number of aliphatic imine (C=N–C) groups is 1. The van der Waals surface area contributed by atoms with Gasteiger partial charge in [-0.2, -0.15) is 0 Å². The third kappa shape index (κ3) is 9.81. The molecule has 0 bridgehead atoms. The van der Waals surface area contributed by atoms with Crippen LogP contribution >= 0.6 is 24.0 Å². The number of carbonyl (C=O) groups excluding carboxylic acids is 1. The van der Waals surface area contributed by atoms with E-state index in [1.54, 1.807) is 0 Å². The lowest BCUT2D eigenvalue weighted by atomic mass is 9.94. The summed E-state index contributed by atoms with van der Waals surface area (Å²) in [5.74, 6) is 1.46. The SMILES string of the molecule is CCNC(=NCC1CC(=O)N(CCc2ccccc2)C1)NCCCN(C)C1CCCCC1.I. The van der Waals surface area contributed by atoms with E-state index in [1.165, 1.54) is 37.7 Å². The lowest BCUT2D eigenvalue weighted by Crippen LogP contribution is -2.40. The first-order valence-electron chi connectivity index (χ1n) is 12.7. The molecule has 1 atom stereocenters.